The number of allylic oxidation sites excluding steroid dienone is 2. The van der Waals surface area contributed by atoms with Crippen molar-refractivity contribution in [3.8, 4) is 0 Å². The molecule has 37 valence electrons. The molecule has 1 rings (SSSR count). The maximum Gasteiger partial charge on any atom is -0.00326 e. The van der Waals surface area contributed by atoms with Gasteiger partial charge < -0.3 is 5.32 Å². The van der Waals surface area contributed by atoms with Gasteiger partial charge in [-0.1, -0.05) is 12.2 Å². The van der Waals surface area contributed by atoms with Gasteiger partial charge in [-0.25, -0.2) is 0 Å². The molecule has 7 heavy (non-hydrogen) atoms. The van der Waals surface area contributed by atoms with Crippen molar-refractivity contribution < 1.29 is 0 Å². The van der Waals surface area contributed by atoms with E-state index in [2.05, 4.69) is 17.8 Å². The summed E-state index contributed by atoms with van der Waals surface area (Å²) in [5, 5.41) is 2.95. The second-order valence-corrected chi connectivity index (χ2v) is 1.40. The van der Waals surface area contributed by atoms with Crippen LogP contribution >= 0.6 is 0 Å². The van der Waals surface area contributed by atoms with Gasteiger partial charge in [0.25, 0.3) is 0 Å². The van der Waals surface area contributed by atoms with Crippen molar-refractivity contribution in [2.45, 2.75) is 6.42 Å². The van der Waals surface area contributed by atoms with Gasteiger partial charge in [0.15, 0.2) is 0 Å². The van der Waals surface area contributed by atoms with Crippen LogP contribution in [0.15, 0.2) is 24.6 Å². The van der Waals surface area contributed by atoms with Crippen LogP contribution in [0.3, 0.4) is 0 Å². The molecule has 0 spiro atoms. The molecule has 0 saturated heterocycles. The van der Waals surface area contributed by atoms with Crippen LogP contribution in [-0.4, -0.2) is 0 Å². The third kappa shape index (κ3) is 1.44. The smallest absolute Gasteiger partial charge is 0.00326 e. The average molecular weight is 94.1 g/mol. The number of hydrogen-bond donors (Lipinski definition) is 1. The van der Waals surface area contributed by atoms with Gasteiger partial charge in [-0.2, -0.15) is 0 Å². The minimum absolute atomic E-state index is 1.05. The van der Waals surface area contributed by atoms with Gasteiger partial charge in [-0.15, -0.1) is 0 Å². The SMILES string of the molecule is [CH]1C=CNC=CC1. The molecule has 1 N–H and O–H groups in total. The van der Waals surface area contributed by atoms with E-state index in [1.807, 2.05) is 18.5 Å². The second-order valence-electron chi connectivity index (χ2n) is 1.40. The summed E-state index contributed by atoms with van der Waals surface area (Å²) >= 11 is 0. The first-order valence-electron chi connectivity index (χ1n) is 2.39. The van der Waals surface area contributed by atoms with Crippen molar-refractivity contribution in [2.24, 2.45) is 0 Å². The predicted octanol–water partition coefficient (Wildman–Crippen LogP) is 1.21. The molecule has 0 aromatic rings. The zero-order valence-electron chi connectivity index (χ0n) is 4.09. The monoisotopic (exact) mass is 94.1 g/mol. The van der Waals surface area contributed by atoms with E-state index < -0.39 is 0 Å². The van der Waals surface area contributed by atoms with Crippen molar-refractivity contribution in [3.05, 3.63) is 31.0 Å². The Morgan fingerprint density at radius 3 is 3.29 bits per heavy atom. The van der Waals surface area contributed by atoms with Gasteiger partial charge in [-0.05, 0) is 25.2 Å². The lowest BCUT2D eigenvalue weighted by molar-refractivity contribution is 1.19. The van der Waals surface area contributed by atoms with Gasteiger partial charge in [0, 0.05) is 0 Å². The van der Waals surface area contributed by atoms with E-state index in [9.17, 15) is 0 Å². The Kier molecular flexibility index (Phi) is 1.56. The lowest BCUT2D eigenvalue weighted by Gasteiger charge is -1.78. The van der Waals surface area contributed by atoms with Gasteiger partial charge in [0.05, 0.1) is 0 Å². The molecule has 0 aliphatic carbocycles. The summed E-state index contributed by atoms with van der Waals surface area (Å²) in [6.07, 6.45) is 11.0. The topological polar surface area (TPSA) is 12.0 Å². The zero-order valence-corrected chi connectivity index (χ0v) is 4.09. The molecule has 1 aliphatic heterocycles. The van der Waals surface area contributed by atoms with E-state index in [1.54, 1.807) is 0 Å². The summed E-state index contributed by atoms with van der Waals surface area (Å²) in [6.45, 7) is 0. The van der Waals surface area contributed by atoms with Crippen LogP contribution in [0.4, 0.5) is 0 Å². The fourth-order valence-corrected chi connectivity index (χ4v) is 0.472. The first-order chi connectivity index (χ1) is 3.50. The van der Waals surface area contributed by atoms with Crippen molar-refractivity contribution >= 4 is 0 Å². The van der Waals surface area contributed by atoms with Gasteiger partial charge in [-0.3, -0.25) is 0 Å². The van der Waals surface area contributed by atoms with Crippen LogP contribution in [0, 0.1) is 6.42 Å². The minimum atomic E-state index is 1.05. The average Bonchev–Trinajstić information content (AvgIpc) is 1.90. The van der Waals surface area contributed by atoms with Gasteiger partial charge in [0.1, 0.15) is 0 Å². The molecule has 0 unspecified atom stereocenters. The Hall–Kier alpha value is -0.720. The molecule has 1 radical (unpaired) electrons. The third-order valence-corrected chi connectivity index (χ3v) is 0.815. The van der Waals surface area contributed by atoms with Crippen LogP contribution in [0.2, 0.25) is 0 Å². The summed E-state index contributed by atoms with van der Waals surface area (Å²) in [5.74, 6) is 0. The van der Waals surface area contributed by atoms with Gasteiger partial charge in [0.2, 0.25) is 0 Å². The molecule has 0 bridgehead atoms. The highest BCUT2D eigenvalue weighted by atomic mass is 14.8. The Bertz CT molecular complexity index is 80.4. The Morgan fingerprint density at radius 1 is 1.29 bits per heavy atom. The molecule has 1 heterocycles. The van der Waals surface area contributed by atoms with Crippen LogP contribution in [0.25, 0.3) is 0 Å². The Morgan fingerprint density at radius 2 is 2.29 bits per heavy atom. The highest BCUT2D eigenvalue weighted by molar-refractivity contribution is 5.04. The van der Waals surface area contributed by atoms with Crippen LogP contribution in [0.5, 0.6) is 0 Å². The quantitative estimate of drug-likeness (QED) is 0.475. The lowest BCUT2D eigenvalue weighted by Crippen LogP contribution is -1.87. The summed E-state index contributed by atoms with van der Waals surface area (Å²) in [5.41, 5.74) is 0. The number of hydrogen-bond acceptors (Lipinski definition) is 1. The Balaban J connectivity index is 2.38. The molecule has 0 atom stereocenters. The van der Waals surface area contributed by atoms with E-state index in [0.717, 1.165) is 6.42 Å². The van der Waals surface area contributed by atoms with E-state index in [1.165, 1.54) is 0 Å². The molecule has 0 aromatic carbocycles. The van der Waals surface area contributed by atoms with Crippen molar-refractivity contribution in [3.63, 3.8) is 0 Å². The van der Waals surface area contributed by atoms with E-state index in [4.69, 9.17) is 0 Å². The molecule has 0 fully saturated rings. The highest BCUT2D eigenvalue weighted by Crippen LogP contribution is 1.91. The maximum atomic E-state index is 2.95. The molecule has 1 nitrogen and oxygen atoms in total. The summed E-state index contributed by atoms with van der Waals surface area (Å²) < 4.78 is 0. The molecular weight excluding hydrogens is 86.1 g/mol. The third-order valence-electron chi connectivity index (χ3n) is 0.815. The van der Waals surface area contributed by atoms with Crippen molar-refractivity contribution in [1.29, 1.82) is 0 Å². The van der Waals surface area contributed by atoms with E-state index >= 15 is 0 Å². The zero-order chi connectivity index (χ0) is 4.95. The van der Waals surface area contributed by atoms with Crippen molar-refractivity contribution in [1.82, 2.24) is 5.32 Å². The summed E-state index contributed by atoms with van der Waals surface area (Å²) in [6, 6.07) is 0. The van der Waals surface area contributed by atoms with Crippen molar-refractivity contribution in [2.75, 3.05) is 0 Å². The highest BCUT2D eigenvalue weighted by Gasteiger charge is 1.78. The Labute approximate surface area is 43.7 Å². The molecular formula is C6H8N. The van der Waals surface area contributed by atoms with Crippen LogP contribution < -0.4 is 5.32 Å². The fraction of sp³-hybridized carbons (Fsp3) is 0.167. The normalized spacial score (nSPS) is 18.3. The maximum absolute atomic E-state index is 2.95. The molecule has 1 heteroatoms. The summed E-state index contributed by atoms with van der Waals surface area (Å²) in [4.78, 5) is 0. The largest absolute Gasteiger partial charge is 0.368 e. The molecule has 0 saturated carbocycles. The van der Waals surface area contributed by atoms with Gasteiger partial charge >= 0.3 is 0 Å². The first kappa shape index (κ1) is 4.44. The second kappa shape index (κ2) is 2.45. The molecule has 0 amide bonds. The van der Waals surface area contributed by atoms with E-state index in [0.29, 0.717) is 0 Å². The lowest BCUT2D eigenvalue weighted by atomic mass is 10.3. The summed E-state index contributed by atoms with van der Waals surface area (Å²) in [7, 11) is 0. The molecule has 1 aliphatic rings. The first-order valence-corrected chi connectivity index (χ1v) is 2.39. The van der Waals surface area contributed by atoms with Crippen LogP contribution in [0.1, 0.15) is 6.42 Å². The van der Waals surface area contributed by atoms with Crippen LogP contribution in [-0.2, 0) is 0 Å². The fourth-order valence-electron chi connectivity index (χ4n) is 0.472. The molecule has 0 aromatic heterocycles. The van der Waals surface area contributed by atoms with E-state index in [-0.39, 0.29) is 0 Å². The standard InChI is InChI=1S/C6H8N/c1-2-4-6-7-5-3-1/h1,3-7H,2H2. The minimum Gasteiger partial charge on any atom is -0.368 e. The number of rotatable bonds is 0. The number of nitrogens with one attached hydrogen (secondary N) is 1. The predicted molar refractivity (Wildman–Crippen MR) is 30.3 cm³/mol.